The monoisotopic (exact) mass is 316 g/mol. The van der Waals surface area contributed by atoms with E-state index in [0.717, 1.165) is 31.3 Å². The van der Waals surface area contributed by atoms with Crippen LogP contribution < -0.4 is 5.56 Å². The van der Waals surface area contributed by atoms with Crippen molar-refractivity contribution in [3.63, 3.8) is 0 Å². The van der Waals surface area contributed by atoms with Gasteiger partial charge in [-0.25, -0.2) is 8.78 Å². The average molecular weight is 316 g/mol. The lowest BCUT2D eigenvalue weighted by molar-refractivity contribution is 0.113. The highest BCUT2D eigenvalue weighted by atomic mass is 19.1. The van der Waals surface area contributed by atoms with Gasteiger partial charge < -0.3 is 4.57 Å². The molecule has 0 aliphatic carbocycles. The minimum absolute atomic E-state index is 0.0572. The molecule has 4 rings (SSSR count). The Morgan fingerprint density at radius 1 is 1.09 bits per heavy atom. The Morgan fingerprint density at radius 3 is 2.83 bits per heavy atom. The minimum atomic E-state index is -0.407. The van der Waals surface area contributed by atoms with Gasteiger partial charge in [-0.05, 0) is 36.6 Å². The summed E-state index contributed by atoms with van der Waals surface area (Å²) in [5.74, 6) is -0.0970. The molecule has 2 aliphatic heterocycles. The van der Waals surface area contributed by atoms with Crippen molar-refractivity contribution < 1.29 is 8.78 Å². The molecule has 0 saturated carbocycles. The summed E-state index contributed by atoms with van der Waals surface area (Å²) < 4.78 is 29.1. The van der Waals surface area contributed by atoms with Crippen molar-refractivity contribution in [2.75, 3.05) is 13.1 Å². The predicted octanol–water partition coefficient (Wildman–Crippen LogP) is 2.75. The number of likely N-dealkylation sites (tertiary alicyclic amines) is 1. The maximum atomic E-state index is 13.9. The lowest BCUT2D eigenvalue weighted by Crippen LogP contribution is -2.46. The van der Waals surface area contributed by atoms with Crippen LogP contribution in [0.4, 0.5) is 8.78 Å². The summed E-state index contributed by atoms with van der Waals surface area (Å²) >= 11 is 0. The van der Waals surface area contributed by atoms with Crippen molar-refractivity contribution in [3.05, 3.63) is 69.6 Å². The van der Waals surface area contributed by atoms with Crippen LogP contribution in [0.2, 0.25) is 0 Å². The molecule has 2 unspecified atom stereocenters. The van der Waals surface area contributed by atoms with E-state index in [1.54, 1.807) is 12.1 Å². The summed E-state index contributed by atoms with van der Waals surface area (Å²) in [7, 11) is 0. The fourth-order valence-electron chi connectivity index (χ4n) is 4.03. The maximum absolute atomic E-state index is 13.9. The molecule has 0 spiro atoms. The summed E-state index contributed by atoms with van der Waals surface area (Å²) in [6.45, 7) is 2.71. The Bertz CT molecular complexity index is 802. The highest BCUT2D eigenvalue weighted by Crippen LogP contribution is 2.35. The zero-order chi connectivity index (χ0) is 16.0. The van der Waals surface area contributed by atoms with Crippen LogP contribution in [0, 0.1) is 17.6 Å². The van der Waals surface area contributed by atoms with Gasteiger partial charge in [0.2, 0.25) is 0 Å². The second-order valence-corrected chi connectivity index (χ2v) is 6.63. The largest absolute Gasteiger partial charge is 0.312 e. The molecule has 2 aliphatic rings. The van der Waals surface area contributed by atoms with Gasteiger partial charge in [-0.15, -0.1) is 0 Å². The third-order valence-electron chi connectivity index (χ3n) is 4.96. The second-order valence-electron chi connectivity index (χ2n) is 6.63. The highest BCUT2D eigenvalue weighted by Gasteiger charge is 2.34. The van der Waals surface area contributed by atoms with Crippen LogP contribution in [-0.2, 0) is 13.1 Å². The lowest BCUT2D eigenvalue weighted by Gasteiger charge is -2.42. The van der Waals surface area contributed by atoms with E-state index in [0.29, 0.717) is 24.6 Å². The van der Waals surface area contributed by atoms with E-state index in [2.05, 4.69) is 4.90 Å². The molecular weight excluding hydrogens is 298 g/mol. The van der Waals surface area contributed by atoms with E-state index in [4.69, 9.17) is 0 Å². The smallest absolute Gasteiger partial charge is 0.250 e. The molecule has 0 N–H and O–H groups in total. The molecule has 1 saturated heterocycles. The molecule has 2 atom stereocenters. The molecule has 1 aromatic carbocycles. The van der Waals surface area contributed by atoms with Crippen LogP contribution in [0.25, 0.3) is 0 Å². The molecule has 2 aromatic rings. The minimum Gasteiger partial charge on any atom is -0.312 e. The van der Waals surface area contributed by atoms with E-state index in [1.165, 1.54) is 12.1 Å². The number of halogens is 2. The van der Waals surface area contributed by atoms with Gasteiger partial charge in [0.25, 0.3) is 5.56 Å². The Kier molecular flexibility index (Phi) is 3.53. The summed E-state index contributed by atoms with van der Waals surface area (Å²) in [4.78, 5) is 14.2. The van der Waals surface area contributed by atoms with Gasteiger partial charge in [-0.1, -0.05) is 6.07 Å². The summed E-state index contributed by atoms with van der Waals surface area (Å²) in [6, 6.07) is 9.02. The first-order valence-electron chi connectivity index (χ1n) is 7.96. The number of piperidine rings is 1. The standard InChI is InChI=1S/C18H18F2N2O/c19-15-4-5-16(20)13(7-15)10-21-8-12-6-14(11-21)17-2-1-3-18(23)22(17)9-12/h1-5,7,12,14H,6,8-11H2. The molecule has 3 nitrogen and oxygen atoms in total. The first-order chi connectivity index (χ1) is 11.1. The van der Waals surface area contributed by atoms with E-state index in [9.17, 15) is 13.6 Å². The highest BCUT2D eigenvalue weighted by molar-refractivity contribution is 5.20. The SMILES string of the molecule is O=c1cccc2n1CC1CC2CN(Cc2cc(F)ccc2F)C1. The molecule has 120 valence electrons. The first kappa shape index (κ1) is 14.6. The fraction of sp³-hybridized carbons (Fsp3) is 0.389. The van der Waals surface area contributed by atoms with Crippen molar-refractivity contribution in [1.82, 2.24) is 9.47 Å². The van der Waals surface area contributed by atoms with Gasteiger partial charge in [0.05, 0.1) is 0 Å². The molecule has 0 amide bonds. The molecule has 0 radical (unpaired) electrons. The topological polar surface area (TPSA) is 25.2 Å². The van der Waals surface area contributed by atoms with E-state index in [-0.39, 0.29) is 17.3 Å². The number of rotatable bonds is 2. The van der Waals surface area contributed by atoms with Crippen LogP contribution in [0.3, 0.4) is 0 Å². The zero-order valence-electron chi connectivity index (χ0n) is 12.7. The number of hydrogen-bond donors (Lipinski definition) is 0. The van der Waals surface area contributed by atoms with Crippen molar-refractivity contribution in [1.29, 1.82) is 0 Å². The van der Waals surface area contributed by atoms with Gasteiger partial charge in [0.15, 0.2) is 0 Å². The van der Waals surface area contributed by atoms with Crippen LogP contribution in [0.1, 0.15) is 23.6 Å². The maximum Gasteiger partial charge on any atom is 0.250 e. The molecule has 2 bridgehead atoms. The van der Waals surface area contributed by atoms with Crippen molar-refractivity contribution in [3.8, 4) is 0 Å². The lowest BCUT2D eigenvalue weighted by atomic mass is 9.83. The van der Waals surface area contributed by atoms with Crippen LogP contribution in [0.5, 0.6) is 0 Å². The predicted molar refractivity (Wildman–Crippen MR) is 83.2 cm³/mol. The van der Waals surface area contributed by atoms with E-state index in [1.807, 2.05) is 10.6 Å². The second kappa shape index (κ2) is 5.57. The first-order valence-corrected chi connectivity index (χ1v) is 7.96. The van der Waals surface area contributed by atoms with Gasteiger partial charge in [0, 0.05) is 49.4 Å². The number of benzene rings is 1. The Balaban J connectivity index is 1.59. The van der Waals surface area contributed by atoms with Crippen molar-refractivity contribution in [2.45, 2.75) is 25.4 Å². The van der Waals surface area contributed by atoms with Gasteiger partial charge in [0.1, 0.15) is 11.6 Å². The molecule has 1 aromatic heterocycles. The van der Waals surface area contributed by atoms with Crippen molar-refractivity contribution in [2.24, 2.45) is 5.92 Å². The Hall–Kier alpha value is -2.01. The number of nitrogens with zero attached hydrogens (tertiary/aromatic N) is 2. The van der Waals surface area contributed by atoms with Crippen LogP contribution in [-0.4, -0.2) is 22.6 Å². The number of pyridine rings is 1. The van der Waals surface area contributed by atoms with Crippen molar-refractivity contribution >= 4 is 0 Å². The van der Waals surface area contributed by atoms with E-state index < -0.39 is 5.82 Å². The third-order valence-corrected chi connectivity index (χ3v) is 4.96. The zero-order valence-corrected chi connectivity index (χ0v) is 12.7. The van der Waals surface area contributed by atoms with Gasteiger partial charge >= 0.3 is 0 Å². The molecule has 23 heavy (non-hydrogen) atoms. The normalized spacial score (nSPS) is 23.6. The number of aromatic nitrogens is 1. The summed E-state index contributed by atoms with van der Waals surface area (Å²) in [5.41, 5.74) is 1.52. The van der Waals surface area contributed by atoms with Gasteiger partial charge in [-0.3, -0.25) is 9.69 Å². The van der Waals surface area contributed by atoms with Crippen LogP contribution >= 0.6 is 0 Å². The Labute approximate surface area is 133 Å². The average Bonchev–Trinajstić information content (AvgIpc) is 2.52. The van der Waals surface area contributed by atoms with Crippen LogP contribution in [0.15, 0.2) is 41.2 Å². The third kappa shape index (κ3) is 2.70. The number of fused-ring (bicyclic) bond motifs is 4. The summed E-state index contributed by atoms with van der Waals surface area (Å²) in [5, 5.41) is 0. The quantitative estimate of drug-likeness (QED) is 0.851. The van der Waals surface area contributed by atoms with Gasteiger partial charge in [-0.2, -0.15) is 0 Å². The number of hydrogen-bond acceptors (Lipinski definition) is 2. The summed E-state index contributed by atoms with van der Waals surface area (Å²) in [6.07, 6.45) is 1.06. The molecule has 5 heteroatoms. The Morgan fingerprint density at radius 2 is 1.96 bits per heavy atom. The molecule has 1 fully saturated rings. The fourth-order valence-corrected chi connectivity index (χ4v) is 4.03. The van der Waals surface area contributed by atoms with E-state index >= 15 is 0 Å². The molecular formula is C18H18F2N2O. The molecule has 3 heterocycles.